The van der Waals surface area contributed by atoms with Gasteiger partial charge in [-0.3, -0.25) is 0 Å². The van der Waals surface area contributed by atoms with Crippen molar-refractivity contribution in [2.45, 2.75) is 6.92 Å². The van der Waals surface area contributed by atoms with E-state index in [0.29, 0.717) is 6.61 Å². The van der Waals surface area contributed by atoms with Gasteiger partial charge in [-0.15, -0.1) is 18.2 Å². The van der Waals surface area contributed by atoms with Crippen molar-refractivity contribution < 1.29 is 37.4 Å². The molecule has 0 atom stereocenters. The summed E-state index contributed by atoms with van der Waals surface area (Å²) in [6.45, 7) is 6.64. The van der Waals surface area contributed by atoms with Gasteiger partial charge in [-0.25, -0.2) is 0 Å². The molecule has 0 N–H and O–H groups in total. The van der Waals surface area contributed by atoms with Gasteiger partial charge >= 0.3 is 0 Å². The molecular weight excluding hydrogens is 299 g/mol. The summed E-state index contributed by atoms with van der Waals surface area (Å²) in [7, 11) is 1.99. The van der Waals surface area contributed by atoms with Gasteiger partial charge in [-0.2, -0.15) is 12.2 Å². The number of rotatable bonds is 3. The van der Waals surface area contributed by atoms with Crippen LogP contribution in [-0.2, 0) is 32.7 Å². The van der Waals surface area contributed by atoms with Crippen LogP contribution >= 0.6 is 0 Å². The Morgan fingerprint density at radius 1 is 1.28 bits per heavy atom. The van der Waals surface area contributed by atoms with Crippen LogP contribution in [-0.4, -0.2) is 18.6 Å². The average Bonchev–Trinajstić information content (AvgIpc) is 2.34. The third-order valence-electron chi connectivity index (χ3n) is 2.70. The minimum Gasteiger partial charge on any atom is -0.494 e. The van der Waals surface area contributed by atoms with Crippen molar-refractivity contribution in [3.8, 4) is 5.75 Å². The fourth-order valence-electron chi connectivity index (χ4n) is 1.72. The molecule has 1 radical (unpaired) electrons. The zero-order chi connectivity index (χ0) is 12.3. The molecule has 0 bridgehead atoms. The summed E-state index contributed by atoms with van der Waals surface area (Å²) in [4.78, 5) is 2.02. The monoisotopic (exact) mass is 315 g/mol. The maximum absolute atomic E-state index is 5.42. The second-order valence-corrected chi connectivity index (χ2v) is 3.83. The van der Waals surface area contributed by atoms with Gasteiger partial charge in [0.1, 0.15) is 5.75 Å². The number of hydrogen-bond acceptors (Lipinski definition) is 2. The van der Waals surface area contributed by atoms with Crippen molar-refractivity contribution in [2.75, 3.05) is 13.7 Å². The fraction of sp³-hybridized carbons (Fsp3) is 0.200. The summed E-state index contributed by atoms with van der Waals surface area (Å²) in [6, 6.07) is 8.03. The van der Waals surface area contributed by atoms with Crippen molar-refractivity contribution in [3.05, 3.63) is 60.3 Å². The molecule has 0 spiro atoms. The van der Waals surface area contributed by atoms with Crippen molar-refractivity contribution >= 4 is 5.70 Å². The molecule has 0 saturated carbocycles. The van der Waals surface area contributed by atoms with Crippen molar-refractivity contribution in [3.63, 3.8) is 0 Å². The van der Waals surface area contributed by atoms with E-state index in [2.05, 4.69) is 12.7 Å². The molecule has 2 nitrogen and oxygen atoms in total. The Morgan fingerprint density at radius 2 is 1.94 bits per heavy atom. The van der Waals surface area contributed by atoms with Crippen LogP contribution in [0, 0.1) is 6.08 Å². The van der Waals surface area contributed by atoms with Crippen LogP contribution in [0.25, 0.3) is 5.70 Å². The third kappa shape index (κ3) is 3.33. The molecule has 0 unspecified atom stereocenters. The van der Waals surface area contributed by atoms with Crippen LogP contribution in [0.3, 0.4) is 0 Å². The largest absolute Gasteiger partial charge is 0.494 e. The Bertz CT molecular complexity index is 474. The van der Waals surface area contributed by atoms with E-state index in [1.807, 2.05) is 55.3 Å². The summed E-state index contributed by atoms with van der Waals surface area (Å²) in [5.41, 5.74) is 3.11. The molecule has 1 aromatic rings. The van der Waals surface area contributed by atoms with Crippen LogP contribution in [0.4, 0.5) is 0 Å². The first-order valence-corrected chi connectivity index (χ1v) is 5.68. The van der Waals surface area contributed by atoms with Crippen molar-refractivity contribution in [1.29, 1.82) is 0 Å². The quantitative estimate of drug-likeness (QED) is 0.794. The molecule has 1 aliphatic rings. The fourth-order valence-corrected chi connectivity index (χ4v) is 1.72. The minimum absolute atomic E-state index is 0. The van der Waals surface area contributed by atoms with Crippen molar-refractivity contribution in [1.82, 2.24) is 4.90 Å². The van der Waals surface area contributed by atoms with Gasteiger partial charge in [0.15, 0.2) is 0 Å². The van der Waals surface area contributed by atoms with E-state index in [1.54, 1.807) is 0 Å². The van der Waals surface area contributed by atoms with Crippen molar-refractivity contribution in [2.24, 2.45) is 0 Å². The number of ether oxygens (including phenoxy) is 1. The van der Waals surface area contributed by atoms with Gasteiger partial charge < -0.3 is 9.64 Å². The summed E-state index contributed by atoms with van der Waals surface area (Å²) in [5.74, 6) is 0.893. The van der Waals surface area contributed by atoms with Crippen LogP contribution in [0.1, 0.15) is 12.5 Å². The van der Waals surface area contributed by atoms with E-state index in [4.69, 9.17) is 4.74 Å². The Kier molecular flexibility index (Phi) is 5.84. The first-order chi connectivity index (χ1) is 8.22. The Morgan fingerprint density at radius 3 is 2.56 bits per heavy atom. The van der Waals surface area contributed by atoms with Gasteiger partial charge in [-0.05, 0) is 24.8 Å². The Labute approximate surface area is 134 Å². The summed E-state index contributed by atoms with van der Waals surface area (Å²) < 4.78 is 5.42. The first-order valence-electron chi connectivity index (χ1n) is 5.68. The summed E-state index contributed by atoms with van der Waals surface area (Å²) in [5, 5.41) is 0. The molecule has 1 aliphatic heterocycles. The Balaban J connectivity index is 0.00000162. The molecule has 0 amide bonds. The summed E-state index contributed by atoms with van der Waals surface area (Å²) >= 11 is 0. The molecule has 1 aromatic carbocycles. The third-order valence-corrected chi connectivity index (χ3v) is 2.70. The molecule has 3 heteroatoms. The van der Waals surface area contributed by atoms with Gasteiger partial charge in [0.05, 0.1) is 6.61 Å². The SMILES string of the molecule is C=C1C=C[C-]=C(c2ccc(OCC)cc2)N1C.[Y]. The molecule has 2 rings (SSSR count). The van der Waals surface area contributed by atoms with E-state index >= 15 is 0 Å². The molecule has 1 heterocycles. The zero-order valence-electron chi connectivity index (χ0n) is 10.8. The molecule has 0 aliphatic carbocycles. The smallest absolute Gasteiger partial charge is 0.117 e. The number of allylic oxidation sites excluding steroid dienone is 3. The molecule has 0 saturated heterocycles. The summed E-state index contributed by atoms with van der Waals surface area (Å²) in [6.07, 6.45) is 7.07. The van der Waals surface area contributed by atoms with E-state index in [9.17, 15) is 0 Å². The minimum atomic E-state index is 0. The molecule has 18 heavy (non-hydrogen) atoms. The predicted molar refractivity (Wildman–Crippen MR) is 70.3 cm³/mol. The second kappa shape index (κ2) is 6.91. The first kappa shape index (κ1) is 15.2. The molecule has 91 valence electrons. The second-order valence-electron chi connectivity index (χ2n) is 3.83. The van der Waals surface area contributed by atoms with E-state index < -0.39 is 0 Å². The van der Waals surface area contributed by atoms with Gasteiger partial charge in [-0.1, -0.05) is 17.8 Å². The topological polar surface area (TPSA) is 12.5 Å². The van der Waals surface area contributed by atoms with Gasteiger partial charge in [0.25, 0.3) is 0 Å². The normalized spacial score (nSPS) is 14.0. The van der Waals surface area contributed by atoms with E-state index in [-0.39, 0.29) is 32.7 Å². The van der Waals surface area contributed by atoms with Crippen LogP contribution in [0.5, 0.6) is 5.75 Å². The predicted octanol–water partition coefficient (Wildman–Crippen LogP) is 3.24. The maximum Gasteiger partial charge on any atom is 0.117 e. The maximum atomic E-state index is 5.42. The number of hydrogen-bond donors (Lipinski definition) is 0. The number of benzene rings is 1. The number of likely N-dealkylation sites (N-methyl/N-ethyl adjacent to an activating group) is 1. The van der Waals surface area contributed by atoms with E-state index in [0.717, 1.165) is 22.7 Å². The average molecular weight is 315 g/mol. The van der Waals surface area contributed by atoms with Gasteiger partial charge in [0.2, 0.25) is 0 Å². The van der Waals surface area contributed by atoms with Gasteiger partial charge in [0, 0.05) is 39.8 Å². The standard InChI is InChI=1S/C15H16NO.Y/c1-4-17-14-10-8-13(9-11-14)15-7-5-6-12(2)16(15)3;/h5-6,8-11H,2,4H2,1,3H3;/q-1;. The molecular formula is C15H16NOY-. The zero-order valence-corrected chi connectivity index (χ0v) is 13.6. The van der Waals surface area contributed by atoms with Crippen LogP contribution < -0.4 is 4.74 Å². The Hall–Kier alpha value is -0.856. The number of nitrogens with zero attached hydrogens (tertiary/aromatic N) is 1. The van der Waals surface area contributed by atoms with Crippen LogP contribution in [0.15, 0.2) is 48.7 Å². The molecule has 0 fully saturated rings. The van der Waals surface area contributed by atoms with Crippen LogP contribution in [0.2, 0.25) is 0 Å². The van der Waals surface area contributed by atoms with E-state index in [1.165, 1.54) is 0 Å². The molecule has 0 aromatic heterocycles.